The lowest BCUT2D eigenvalue weighted by atomic mass is 9.96. The molecular weight excluding hydrogens is 200 g/mol. The number of carboxylic acids is 1. The summed E-state index contributed by atoms with van der Waals surface area (Å²) in [6.45, 7) is 11.0. The minimum Gasteiger partial charge on any atom is -0.478 e. The molecule has 82 valence electrons. The second-order valence-corrected chi connectivity index (χ2v) is 3.41. The van der Waals surface area contributed by atoms with E-state index in [0.717, 1.165) is 16.7 Å². The summed E-state index contributed by atoms with van der Waals surface area (Å²) in [4.78, 5) is 10.7. The normalized spacial score (nSPS) is 9.50. The molecule has 0 radical (unpaired) electrons. The molecule has 1 rings (SSSR count). The molecule has 2 nitrogen and oxygen atoms in total. The smallest absolute Gasteiger partial charge is 0.331 e. The van der Waals surface area contributed by atoms with Crippen LogP contribution in [0.3, 0.4) is 0 Å². The van der Waals surface area contributed by atoms with Crippen LogP contribution in [0, 0.1) is 0 Å². The van der Waals surface area contributed by atoms with Crippen LogP contribution >= 0.6 is 0 Å². The van der Waals surface area contributed by atoms with E-state index in [2.05, 4.69) is 19.7 Å². The van der Waals surface area contributed by atoms with Crippen molar-refractivity contribution < 1.29 is 9.90 Å². The molecule has 0 amide bonds. The number of carboxylic acid groups (broad SMARTS) is 1. The van der Waals surface area contributed by atoms with Crippen molar-refractivity contribution in [2.24, 2.45) is 0 Å². The predicted molar refractivity (Wildman–Crippen MR) is 67.1 cm³/mol. The zero-order valence-corrected chi connectivity index (χ0v) is 9.07. The van der Waals surface area contributed by atoms with Gasteiger partial charge in [0.15, 0.2) is 0 Å². The maximum absolute atomic E-state index is 10.7. The van der Waals surface area contributed by atoms with Gasteiger partial charge in [-0.25, -0.2) is 4.79 Å². The largest absolute Gasteiger partial charge is 0.478 e. The molecule has 1 N–H and O–H groups in total. The van der Waals surface area contributed by atoms with E-state index < -0.39 is 5.97 Å². The fourth-order valence-corrected chi connectivity index (χ4v) is 1.52. The van der Waals surface area contributed by atoms with Gasteiger partial charge in [0.25, 0.3) is 0 Å². The van der Waals surface area contributed by atoms with E-state index >= 15 is 0 Å². The molecule has 0 unspecified atom stereocenters. The van der Waals surface area contributed by atoms with Crippen LogP contribution in [-0.4, -0.2) is 11.1 Å². The summed E-state index contributed by atoms with van der Waals surface area (Å²) in [5, 5.41) is 8.79. The molecule has 16 heavy (non-hydrogen) atoms. The third-order valence-electron chi connectivity index (χ3n) is 2.36. The minimum atomic E-state index is -0.973. The monoisotopic (exact) mass is 214 g/mol. The summed E-state index contributed by atoms with van der Waals surface area (Å²) in [5.41, 5.74) is 2.94. The lowest BCUT2D eigenvalue weighted by Crippen LogP contribution is -2.03. The van der Waals surface area contributed by atoms with Gasteiger partial charge < -0.3 is 5.11 Å². The lowest BCUT2D eigenvalue weighted by molar-refractivity contribution is -0.132. The highest BCUT2D eigenvalue weighted by Gasteiger charge is 2.09. The van der Waals surface area contributed by atoms with E-state index in [0.29, 0.717) is 6.42 Å². The van der Waals surface area contributed by atoms with E-state index in [9.17, 15) is 4.79 Å². The average molecular weight is 214 g/mol. The fraction of sp³-hybridized carbons (Fsp3) is 0.0714. The van der Waals surface area contributed by atoms with E-state index in [1.165, 1.54) is 0 Å². The number of benzene rings is 1. The van der Waals surface area contributed by atoms with Gasteiger partial charge in [-0.05, 0) is 16.7 Å². The summed E-state index contributed by atoms with van der Waals surface area (Å²) in [7, 11) is 0. The van der Waals surface area contributed by atoms with Gasteiger partial charge >= 0.3 is 5.97 Å². The molecule has 2 heteroatoms. The molecule has 0 spiro atoms. The summed E-state index contributed by atoms with van der Waals surface area (Å²) in [5.74, 6) is -0.973. The average Bonchev–Trinajstić information content (AvgIpc) is 2.28. The zero-order chi connectivity index (χ0) is 12.1. The lowest BCUT2D eigenvalue weighted by Gasteiger charge is -2.09. The molecule has 0 heterocycles. The first-order valence-electron chi connectivity index (χ1n) is 4.88. The number of carbonyl (C=O) groups is 1. The molecule has 0 aliphatic heterocycles. The SMILES string of the molecule is C=Cc1cccc(CC(=C)C(=O)O)c1C=C. The summed E-state index contributed by atoms with van der Waals surface area (Å²) < 4.78 is 0. The third-order valence-corrected chi connectivity index (χ3v) is 2.36. The van der Waals surface area contributed by atoms with Crippen molar-refractivity contribution in [1.29, 1.82) is 0 Å². The van der Waals surface area contributed by atoms with Crippen LogP contribution in [0.25, 0.3) is 12.2 Å². The Bertz CT molecular complexity index is 456. The first kappa shape index (κ1) is 12.0. The summed E-state index contributed by atoms with van der Waals surface area (Å²) >= 11 is 0. The molecule has 1 aromatic rings. The first-order valence-corrected chi connectivity index (χ1v) is 4.88. The van der Waals surface area contributed by atoms with Crippen LogP contribution in [0.2, 0.25) is 0 Å². The van der Waals surface area contributed by atoms with Gasteiger partial charge in [0.2, 0.25) is 0 Å². The second kappa shape index (κ2) is 5.12. The van der Waals surface area contributed by atoms with Crippen molar-refractivity contribution in [3.8, 4) is 0 Å². The van der Waals surface area contributed by atoms with Crippen LogP contribution in [0.1, 0.15) is 16.7 Å². The van der Waals surface area contributed by atoms with E-state index in [1.54, 1.807) is 12.2 Å². The van der Waals surface area contributed by atoms with Gasteiger partial charge in [0.05, 0.1) is 0 Å². The molecule has 0 aliphatic rings. The van der Waals surface area contributed by atoms with Crippen molar-refractivity contribution in [2.75, 3.05) is 0 Å². The minimum absolute atomic E-state index is 0.171. The van der Waals surface area contributed by atoms with Gasteiger partial charge in [-0.1, -0.05) is 50.1 Å². The topological polar surface area (TPSA) is 37.3 Å². The number of aliphatic carboxylic acids is 1. The first-order chi connectivity index (χ1) is 7.60. The Morgan fingerprint density at radius 1 is 1.31 bits per heavy atom. The van der Waals surface area contributed by atoms with Gasteiger partial charge in [0, 0.05) is 12.0 Å². The van der Waals surface area contributed by atoms with E-state index in [4.69, 9.17) is 5.11 Å². The van der Waals surface area contributed by atoms with Crippen LogP contribution in [0.15, 0.2) is 43.5 Å². The highest BCUT2D eigenvalue weighted by atomic mass is 16.4. The van der Waals surface area contributed by atoms with Crippen LogP contribution < -0.4 is 0 Å². The quantitative estimate of drug-likeness (QED) is 0.764. The number of hydrogen-bond donors (Lipinski definition) is 1. The number of rotatable bonds is 5. The Balaban J connectivity index is 3.13. The summed E-state index contributed by atoms with van der Waals surface area (Å²) in [6.07, 6.45) is 3.75. The van der Waals surface area contributed by atoms with E-state index in [-0.39, 0.29) is 5.57 Å². The molecule has 0 saturated heterocycles. The third kappa shape index (κ3) is 2.48. The molecule has 1 aromatic carbocycles. The van der Waals surface area contributed by atoms with Crippen molar-refractivity contribution in [3.63, 3.8) is 0 Å². The van der Waals surface area contributed by atoms with Crippen molar-refractivity contribution >= 4 is 18.1 Å². The van der Waals surface area contributed by atoms with E-state index in [1.807, 2.05) is 18.2 Å². The molecule has 0 saturated carbocycles. The van der Waals surface area contributed by atoms with Gasteiger partial charge in [-0.15, -0.1) is 0 Å². The standard InChI is InChI=1S/C14H14O2/c1-4-11-7-6-8-12(13(11)5-2)9-10(3)14(15)16/h4-8H,1-3,9H2,(H,15,16). The predicted octanol–water partition coefficient (Wildman–Crippen LogP) is 3.16. The highest BCUT2D eigenvalue weighted by molar-refractivity contribution is 5.86. The Labute approximate surface area is 95.2 Å². The molecule has 0 fully saturated rings. The number of hydrogen-bond acceptors (Lipinski definition) is 1. The van der Waals surface area contributed by atoms with Gasteiger partial charge in [0.1, 0.15) is 0 Å². The molecule has 0 atom stereocenters. The molecule has 0 aromatic heterocycles. The summed E-state index contributed by atoms with van der Waals surface area (Å²) in [6, 6.07) is 5.66. The maximum atomic E-state index is 10.7. The highest BCUT2D eigenvalue weighted by Crippen LogP contribution is 2.20. The Kier molecular flexibility index (Phi) is 3.84. The van der Waals surface area contributed by atoms with Gasteiger partial charge in [-0.2, -0.15) is 0 Å². The molecule has 0 aliphatic carbocycles. The Morgan fingerprint density at radius 2 is 2.00 bits per heavy atom. The zero-order valence-electron chi connectivity index (χ0n) is 9.07. The van der Waals surface area contributed by atoms with Crippen LogP contribution in [0.5, 0.6) is 0 Å². The second-order valence-electron chi connectivity index (χ2n) is 3.41. The Hall–Kier alpha value is -2.09. The maximum Gasteiger partial charge on any atom is 0.331 e. The van der Waals surface area contributed by atoms with Gasteiger partial charge in [-0.3, -0.25) is 0 Å². The van der Waals surface area contributed by atoms with Crippen LogP contribution in [-0.2, 0) is 11.2 Å². The van der Waals surface area contributed by atoms with Crippen molar-refractivity contribution in [3.05, 3.63) is 60.2 Å². The van der Waals surface area contributed by atoms with Crippen molar-refractivity contribution in [1.82, 2.24) is 0 Å². The molecular formula is C14H14O2. The van der Waals surface area contributed by atoms with Crippen LogP contribution in [0.4, 0.5) is 0 Å². The molecule has 0 bridgehead atoms. The Morgan fingerprint density at radius 3 is 2.50 bits per heavy atom. The fourth-order valence-electron chi connectivity index (χ4n) is 1.52. The van der Waals surface area contributed by atoms with Crippen molar-refractivity contribution in [2.45, 2.75) is 6.42 Å².